The second kappa shape index (κ2) is 16.5. The van der Waals surface area contributed by atoms with E-state index in [2.05, 4.69) is 265 Å². The van der Waals surface area contributed by atoms with E-state index >= 15 is 0 Å². The first-order chi connectivity index (χ1) is 37.5. The van der Waals surface area contributed by atoms with Crippen LogP contribution in [0.2, 0.25) is 0 Å². The summed E-state index contributed by atoms with van der Waals surface area (Å²) in [5.74, 6) is 0. The molecule has 15 rings (SSSR count). The molecule has 3 aliphatic carbocycles. The molecule has 2 unspecified atom stereocenters. The van der Waals surface area contributed by atoms with E-state index in [0.717, 1.165) is 44.2 Å². The Balaban J connectivity index is 1.08. The number of hydrogen-bond donors (Lipinski definition) is 0. The van der Waals surface area contributed by atoms with Gasteiger partial charge in [-0.1, -0.05) is 189 Å². The Hall–Kier alpha value is -7.56. The zero-order chi connectivity index (χ0) is 53.3. The zero-order valence-electron chi connectivity index (χ0n) is 47.1. The van der Waals surface area contributed by atoms with Gasteiger partial charge in [0.15, 0.2) is 0 Å². The molecule has 0 fully saturated rings. The third-order valence-electron chi connectivity index (χ3n) is 19.7. The number of benzene rings is 9. The van der Waals surface area contributed by atoms with E-state index in [0.29, 0.717) is 0 Å². The summed E-state index contributed by atoms with van der Waals surface area (Å²) in [6.07, 6.45) is 6.47. The molecule has 3 aliphatic heterocycles. The van der Waals surface area contributed by atoms with Crippen LogP contribution in [0.5, 0.6) is 0 Å². The van der Waals surface area contributed by atoms with Crippen molar-refractivity contribution in [1.82, 2.24) is 0 Å². The predicted octanol–water partition coefficient (Wildman–Crippen LogP) is 16.9. The molecule has 0 radical (unpaired) electrons. The molecular weight excluding hydrogens is 942 g/mol. The minimum atomic E-state index is -0.408. The maximum absolute atomic E-state index is 2.82. The van der Waals surface area contributed by atoms with Crippen LogP contribution in [0.15, 0.2) is 188 Å². The summed E-state index contributed by atoms with van der Waals surface area (Å²) in [5, 5.41) is 0. The Morgan fingerprint density at radius 1 is 0.397 bits per heavy atom. The van der Waals surface area contributed by atoms with Crippen molar-refractivity contribution < 1.29 is 0 Å². The third-order valence-corrected chi connectivity index (χ3v) is 19.7. The Kier molecular flexibility index (Phi) is 10.1. The number of fused-ring (bicyclic) bond motifs is 11. The lowest BCUT2D eigenvalue weighted by atomic mass is 9.33. The van der Waals surface area contributed by atoms with Gasteiger partial charge in [0.1, 0.15) is 0 Å². The lowest BCUT2D eigenvalue weighted by Crippen LogP contribution is -2.61. The molecule has 0 saturated carbocycles. The molecule has 0 bridgehead atoms. The van der Waals surface area contributed by atoms with Gasteiger partial charge in [-0.3, -0.25) is 0 Å². The van der Waals surface area contributed by atoms with Crippen LogP contribution in [-0.2, 0) is 48.5 Å². The third kappa shape index (κ3) is 6.96. The number of hydrogen-bond acceptors (Lipinski definition) is 3. The molecule has 0 amide bonds. The van der Waals surface area contributed by atoms with E-state index in [1.54, 1.807) is 0 Å². The Labute approximate surface area is 463 Å². The van der Waals surface area contributed by atoms with Gasteiger partial charge in [0.25, 0.3) is 6.71 Å². The van der Waals surface area contributed by atoms with E-state index in [1.165, 1.54) is 123 Å². The molecule has 78 heavy (non-hydrogen) atoms. The minimum absolute atomic E-state index is 0.00191. The Morgan fingerprint density at radius 2 is 0.987 bits per heavy atom. The summed E-state index contributed by atoms with van der Waals surface area (Å²) in [4.78, 5) is 8.20. The molecule has 3 nitrogen and oxygen atoms in total. The van der Waals surface area contributed by atoms with Crippen LogP contribution < -0.4 is 31.1 Å². The van der Waals surface area contributed by atoms with Gasteiger partial charge in [-0.25, -0.2) is 0 Å². The van der Waals surface area contributed by atoms with Crippen LogP contribution in [0.1, 0.15) is 113 Å². The monoisotopic (exact) mass is 1010 g/mol. The average Bonchev–Trinajstić information content (AvgIpc) is 4.04. The first kappa shape index (κ1) is 47.6. The average molecular weight is 1010 g/mol. The molecule has 384 valence electrons. The van der Waals surface area contributed by atoms with Gasteiger partial charge in [-0.05, 0) is 199 Å². The molecule has 4 heteroatoms. The quantitative estimate of drug-likeness (QED) is 0.159. The molecular formula is C74H70BN3. The highest BCUT2D eigenvalue weighted by molar-refractivity contribution is 7.00. The number of nitrogens with zero attached hydrogens (tertiary/aromatic N) is 3. The number of aryl methyl sites for hydroxylation is 1. The minimum Gasteiger partial charge on any atom is -0.330 e. The number of anilines is 8. The van der Waals surface area contributed by atoms with Crippen molar-refractivity contribution in [2.45, 2.75) is 117 Å². The van der Waals surface area contributed by atoms with Crippen molar-refractivity contribution in [3.63, 3.8) is 0 Å². The number of rotatable bonds is 5. The predicted molar refractivity (Wildman–Crippen MR) is 330 cm³/mol. The lowest BCUT2D eigenvalue weighted by molar-refractivity contribution is 0.245. The summed E-state index contributed by atoms with van der Waals surface area (Å²) in [7, 11) is 0. The molecule has 0 spiro atoms. The lowest BCUT2D eigenvalue weighted by Gasteiger charge is -2.52. The first-order valence-electron chi connectivity index (χ1n) is 28.9. The topological polar surface area (TPSA) is 9.72 Å². The zero-order valence-corrected chi connectivity index (χ0v) is 47.1. The van der Waals surface area contributed by atoms with Gasteiger partial charge in [-0.15, -0.1) is 0 Å². The van der Waals surface area contributed by atoms with Gasteiger partial charge in [0, 0.05) is 50.9 Å². The molecule has 9 aromatic rings. The van der Waals surface area contributed by atoms with Crippen LogP contribution in [0.3, 0.4) is 0 Å². The fourth-order valence-electron chi connectivity index (χ4n) is 15.8. The van der Waals surface area contributed by atoms with Gasteiger partial charge < -0.3 is 14.7 Å². The summed E-state index contributed by atoms with van der Waals surface area (Å²) in [5.41, 5.74) is 30.5. The molecule has 9 aromatic carbocycles. The van der Waals surface area contributed by atoms with Crippen molar-refractivity contribution in [2.75, 3.05) is 14.7 Å². The summed E-state index contributed by atoms with van der Waals surface area (Å²) >= 11 is 0. The van der Waals surface area contributed by atoms with Crippen molar-refractivity contribution in [1.29, 1.82) is 0 Å². The fourth-order valence-corrected chi connectivity index (χ4v) is 15.8. The summed E-state index contributed by atoms with van der Waals surface area (Å²) in [6, 6.07) is 73.6. The second-order valence-electron chi connectivity index (χ2n) is 27.1. The van der Waals surface area contributed by atoms with Crippen LogP contribution in [0.25, 0.3) is 22.3 Å². The van der Waals surface area contributed by atoms with Gasteiger partial charge in [0.2, 0.25) is 0 Å². The van der Waals surface area contributed by atoms with E-state index in [-0.39, 0.29) is 28.4 Å². The van der Waals surface area contributed by atoms with Crippen molar-refractivity contribution in [3.8, 4) is 22.3 Å². The first-order valence-corrected chi connectivity index (χ1v) is 28.9. The summed E-state index contributed by atoms with van der Waals surface area (Å²) in [6.45, 7) is 22.1. The van der Waals surface area contributed by atoms with Gasteiger partial charge >= 0.3 is 0 Å². The maximum Gasteiger partial charge on any atom is 0.252 e. The van der Waals surface area contributed by atoms with Gasteiger partial charge in [-0.2, -0.15) is 0 Å². The Morgan fingerprint density at radius 3 is 1.68 bits per heavy atom. The maximum atomic E-state index is 2.82. The van der Waals surface area contributed by atoms with Crippen LogP contribution in [0.4, 0.5) is 45.5 Å². The van der Waals surface area contributed by atoms with Crippen molar-refractivity contribution in [2.24, 2.45) is 10.8 Å². The SMILES string of the molecule is CC1(C)Cc2ccc(N3c4cc5c(cc4B4c6ccc(-c7ccccc7)cc6N(c6cccc(-c7ccccc7)c6)c6cc(N7c8ccc(C(C)(C)C)cc8C8(C)CCc9ccccc9C78C)cc3c64)CC(C)(C)C5)cc2C1. The van der Waals surface area contributed by atoms with E-state index in [1.807, 2.05) is 0 Å². The van der Waals surface area contributed by atoms with Gasteiger partial charge in [0.05, 0.1) is 5.54 Å². The van der Waals surface area contributed by atoms with Crippen molar-refractivity contribution in [3.05, 3.63) is 233 Å². The normalized spacial score (nSPS) is 20.5. The van der Waals surface area contributed by atoms with E-state index < -0.39 is 5.54 Å². The highest BCUT2D eigenvalue weighted by Crippen LogP contribution is 2.65. The second-order valence-corrected chi connectivity index (χ2v) is 27.1. The smallest absolute Gasteiger partial charge is 0.252 e. The summed E-state index contributed by atoms with van der Waals surface area (Å²) < 4.78 is 0. The van der Waals surface area contributed by atoms with E-state index in [4.69, 9.17) is 0 Å². The van der Waals surface area contributed by atoms with Crippen LogP contribution in [-0.4, -0.2) is 6.71 Å². The fraction of sp³-hybridized carbons (Fsp3) is 0.270. The molecule has 2 atom stereocenters. The molecule has 0 saturated heterocycles. The standard InChI is InChI=1S/C74H70BN3/c1-70(2,3)56-29-32-64-61(40-56)73(8)34-33-49-23-16-17-26-60(49)74(73,9)78(64)59-41-67-69-68(42-59)77(58-30-27-52-43-71(4,5)44-53(52)36-58)66-39-55-46-72(6,7)45-54(55)37-63(66)75(69)62-31-28-51(48-21-14-11-15-22-48)38-65(62)76(67)57-25-18-24-50(35-57)47-19-12-10-13-20-47/h10-32,35-42H,33-34,43-46H2,1-9H3. The molecule has 0 aromatic heterocycles. The largest absolute Gasteiger partial charge is 0.330 e. The highest BCUT2D eigenvalue weighted by Gasteiger charge is 2.60. The van der Waals surface area contributed by atoms with Crippen molar-refractivity contribution >= 4 is 68.6 Å². The molecule has 3 heterocycles. The van der Waals surface area contributed by atoms with Crippen LogP contribution >= 0.6 is 0 Å². The van der Waals surface area contributed by atoms with E-state index in [9.17, 15) is 0 Å². The Bertz CT molecular complexity index is 3970. The highest BCUT2D eigenvalue weighted by atomic mass is 15.3. The molecule has 6 aliphatic rings. The van der Waals surface area contributed by atoms with Crippen LogP contribution in [0, 0.1) is 10.8 Å². The molecule has 0 N–H and O–H groups in total.